The van der Waals surface area contributed by atoms with Crippen LogP contribution in [-0.2, 0) is 0 Å². The third-order valence-corrected chi connectivity index (χ3v) is 1.84. The van der Waals surface area contributed by atoms with Crippen LogP contribution in [-0.4, -0.2) is 11.7 Å². The summed E-state index contributed by atoms with van der Waals surface area (Å²) < 4.78 is 0. The highest BCUT2D eigenvalue weighted by atomic mass is 16.3. The van der Waals surface area contributed by atoms with Gasteiger partial charge >= 0.3 is 0 Å². The van der Waals surface area contributed by atoms with E-state index in [2.05, 4.69) is 0 Å². The van der Waals surface area contributed by atoms with Crippen molar-refractivity contribution >= 4 is 5.69 Å². The topological polar surface area (TPSA) is 72.3 Å². The Hall–Kier alpha value is -1.06. The Morgan fingerprint density at radius 2 is 1.93 bits per heavy atom. The highest BCUT2D eigenvalue weighted by Crippen LogP contribution is 2.19. The molecule has 0 bridgehead atoms. The molecule has 0 spiro atoms. The Labute approximate surface area is 85.7 Å². The molecule has 1 rings (SSSR count). The highest BCUT2D eigenvalue weighted by molar-refractivity contribution is 5.50. The molecular weight excluding hydrogens is 176 g/mol. The molecule has 0 aromatic heterocycles. The van der Waals surface area contributed by atoms with Crippen LogP contribution in [0.4, 0.5) is 5.69 Å². The smallest absolute Gasteiger partial charge is 0.0625 e. The van der Waals surface area contributed by atoms with Crippen molar-refractivity contribution in [1.82, 2.24) is 0 Å². The van der Waals surface area contributed by atoms with Crippen molar-refractivity contribution in [2.45, 2.75) is 26.8 Å². The Morgan fingerprint density at radius 3 is 2.36 bits per heavy atom. The minimum absolute atomic E-state index is 0.0761. The second kappa shape index (κ2) is 6.40. The number of nitrogens with two attached hydrogens (primary N) is 2. The summed E-state index contributed by atoms with van der Waals surface area (Å²) in [5, 5.41) is 8.80. The minimum atomic E-state index is -0.370. The third-order valence-electron chi connectivity index (χ3n) is 1.84. The molecular formula is C11H20N2O. The molecule has 0 aliphatic carbocycles. The van der Waals surface area contributed by atoms with Crippen LogP contribution in [0.3, 0.4) is 0 Å². The van der Waals surface area contributed by atoms with Gasteiger partial charge in [-0.1, -0.05) is 26.0 Å². The fourth-order valence-electron chi connectivity index (χ4n) is 1.13. The third kappa shape index (κ3) is 3.36. The first-order valence-electron chi connectivity index (χ1n) is 4.87. The Morgan fingerprint density at radius 1 is 1.36 bits per heavy atom. The number of aryl methyl sites for hydroxylation is 1. The molecule has 14 heavy (non-hydrogen) atoms. The second-order valence-electron chi connectivity index (χ2n) is 2.92. The maximum absolute atomic E-state index is 8.80. The number of nitrogen functional groups attached to an aromatic ring is 1. The SMILES string of the molecule is CC.Cc1ccc(C(N)CO)c(N)c1. The monoisotopic (exact) mass is 196 g/mol. The molecule has 0 saturated carbocycles. The zero-order valence-corrected chi connectivity index (χ0v) is 9.12. The zero-order chi connectivity index (χ0) is 11.1. The molecule has 0 aliphatic heterocycles. The van der Waals surface area contributed by atoms with Gasteiger partial charge in [-0.05, 0) is 24.1 Å². The maximum Gasteiger partial charge on any atom is 0.0625 e. The molecule has 0 fully saturated rings. The van der Waals surface area contributed by atoms with E-state index in [1.165, 1.54) is 0 Å². The van der Waals surface area contributed by atoms with Crippen molar-refractivity contribution in [3.8, 4) is 0 Å². The van der Waals surface area contributed by atoms with Crippen molar-refractivity contribution in [3.63, 3.8) is 0 Å². The number of anilines is 1. The summed E-state index contributed by atoms with van der Waals surface area (Å²) in [4.78, 5) is 0. The first-order chi connectivity index (χ1) is 6.65. The number of benzene rings is 1. The van der Waals surface area contributed by atoms with Crippen LogP contribution >= 0.6 is 0 Å². The van der Waals surface area contributed by atoms with E-state index in [0.29, 0.717) is 5.69 Å². The van der Waals surface area contributed by atoms with Gasteiger partial charge in [0.05, 0.1) is 12.6 Å². The first-order valence-corrected chi connectivity index (χ1v) is 4.87. The van der Waals surface area contributed by atoms with Gasteiger partial charge in [-0.3, -0.25) is 0 Å². The number of rotatable bonds is 2. The number of aliphatic hydroxyl groups excluding tert-OH is 1. The Balaban J connectivity index is 0.000000791. The van der Waals surface area contributed by atoms with Crippen LogP contribution in [0.25, 0.3) is 0 Å². The summed E-state index contributed by atoms with van der Waals surface area (Å²) in [7, 11) is 0. The molecule has 0 saturated heterocycles. The van der Waals surface area contributed by atoms with Gasteiger partial charge in [0.1, 0.15) is 0 Å². The average Bonchev–Trinajstić information content (AvgIpc) is 2.20. The van der Waals surface area contributed by atoms with Crippen LogP contribution in [0.1, 0.15) is 31.0 Å². The summed E-state index contributed by atoms with van der Waals surface area (Å²) in [6.07, 6.45) is 0. The molecule has 0 radical (unpaired) electrons. The molecule has 3 heteroatoms. The maximum atomic E-state index is 8.80. The standard InChI is InChI=1S/C9H14N2O.C2H6/c1-6-2-3-7(8(10)4-6)9(11)5-12;1-2/h2-4,9,12H,5,10-11H2,1H3;1-2H3. The second-order valence-corrected chi connectivity index (χ2v) is 2.92. The van der Waals surface area contributed by atoms with Gasteiger partial charge < -0.3 is 16.6 Å². The van der Waals surface area contributed by atoms with E-state index in [0.717, 1.165) is 11.1 Å². The molecule has 1 aromatic rings. The van der Waals surface area contributed by atoms with Crippen molar-refractivity contribution in [1.29, 1.82) is 0 Å². The summed E-state index contributed by atoms with van der Waals surface area (Å²) in [6.45, 7) is 5.89. The lowest BCUT2D eigenvalue weighted by Crippen LogP contribution is -2.16. The van der Waals surface area contributed by atoms with E-state index in [4.69, 9.17) is 16.6 Å². The molecule has 1 aromatic carbocycles. The summed E-state index contributed by atoms with van der Waals surface area (Å²) in [5.41, 5.74) is 13.9. The van der Waals surface area contributed by atoms with Crippen LogP contribution < -0.4 is 11.5 Å². The molecule has 3 nitrogen and oxygen atoms in total. The molecule has 80 valence electrons. The van der Waals surface area contributed by atoms with Gasteiger partial charge in [0.2, 0.25) is 0 Å². The lowest BCUT2D eigenvalue weighted by molar-refractivity contribution is 0.268. The zero-order valence-electron chi connectivity index (χ0n) is 9.12. The van der Waals surface area contributed by atoms with Crippen molar-refractivity contribution < 1.29 is 5.11 Å². The van der Waals surface area contributed by atoms with Crippen molar-refractivity contribution in [2.24, 2.45) is 5.73 Å². The first kappa shape index (κ1) is 12.9. The lowest BCUT2D eigenvalue weighted by Gasteiger charge is -2.11. The fourth-order valence-corrected chi connectivity index (χ4v) is 1.13. The largest absolute Gasteiger partial charge is 0.398 e. The van der Waals surface area contributed by atoms with Crippen LogP contribution in [0, 0.1) is 6.92 Å². The molecule has 0 amide bonds. The van der Waals surface area contributed by atoms with E-state index < -0.39 is 0 Å². The van der Waals surface area contributed by atoms with E-state index >= 15 is 0 Å². The van der Waals surface area contributed by atoms with Gasteiger partial charge in [0.15, 0.2) is 0 Å². The van der Waals surface area contributed by atoms with Gasteiger partial charge in [0, 0.05) is 5.69 Å². The Kier molecular flexibility index (Phi) is 5.92. The molecule has 1 unspecified atom stereocenters. The van der Waals surface area contributed by atoms with Crippen LogP contribution in [0.15, 0.2) is 18.2 Å². The van der Waals surface area contributed by atoms with Gasteiger partial charge in [-0.15, -0.1) is 0 Å². The minimum Gasteiger partial charge on any atom is -0.398 e. The molecule has 0 heterocycles. The Bertz CT molecular complexity index is 274. The number of hydrogen-bond donors (Lipinski definition) is 3. The van der Waals surface area contributed by atoms with E-state index in [1.54, 1.807) is 0 Å². The fraction of sp³-hybridized carbons (Fsp3) is 0.455. The summed E-state index contributed by atoms with van der Waals surface area (Å²) in [5.74, 6) is 0. The number of aliphatic hydroxyl groups is 1. The quantitative estimate of drug-likeness (QED) is 0.629. The van der Waals surface area contributed by atoms with Gasteiger partial charge in [0.25, 0.3) is 0 Å². The van der Waals surface area contributed by atoms with Gasteiger partial charge in [-0.25, -0.2) is 0 Å². The van der Waals surface area contributed by atoms with E-state index in [9.17, 15) is 0 Å². The normalized spacial score (nSPS) is 11.5. The predicted molar refractivity (Wildman–Crippen MR) is 61.0 cm³/mol. The van der Waals surface area contributed by atoms with Crippen molar-refractivity contribution in [3.05, 3.63) is 29.3 Å². The molecule has 0 aliphatic rings. The van der Waals surface area contributed by atoms with E-state index in [1.807, 2.05) is 39.0 Å². The molecule has 5 N–H and O–H groups in total. The van der Waals surface area contributed by atoms with Crippen LogP contribution in [0.2, 0.25) is 0 Å². The summed E-state index contributed by atoms with van der Waals surface area (Å²) >= 11 is 0. The summed E-state index contributed by atoms with van der Waals surface area (Å²) in [6, 6.07) is 5.27. The average molecular weight is 196 g/mol. The number of hydrogen-bond acceptors (Lipinski definition) is 3. The van der Waals surface area contributed by atoms with Gasteiger partial charge in [-0.2, -0.15) is 0 Å². The van der Waals surface area contributed by atoms with Crippen LogP contribution in [0.5, 0.6) is 0 Å². The van der Waals surface area contributed by atoms with Crippen molar-refractivity contribution in [2.75, 3.05) is 12.3 Å². The lowest BCUT2D eigenvalue weighted by atomic mass is 10.0. The predicted octanol–water partition coefficient (Wildman–Crippen LogP) is 1.60. The van der Waals surface area contributed by atoms with E-state index in [-0.39, 0.29) is 12.6 Å². The molecule has 1 atom stereocenters. The highest BCUT2D eigenvalue weighted by Gasteiger charge is 2.07.